The normalized spacial score (nSPS) is 12.3. The summed E-state index contributed by atoms with van der Waals surface area (Å²) in [6.45, 7) is 6.84. The molecule has 0 radical (unpaired) electrons. The molecule has 0 amide bonds. The van der Waals surface area contributed by atoms with E-state index in [1.165, 1.54) is 6.07 Å². The lowest BCUT2D eigenvalue weighted by Crippen LogP contribution is -2.41. The van der Waals surface area contributed by atoms with E-state index in [2.05, 4.69) is 15.6 Å². The second-order valence-electron chi connectivity index (χ2n) is 5.60. The monoisotopic (exact) mass is 461 g/mol. The van der Waals surface area contributed by atoms with Gasteiger partial charge >= 0.3 is 0 Å². The number of hydrogen-bond acceptors (Lipinski definition) is 3. The molecule has 138 valence electrons. The van der Waals surface area contributed by atoms with Gasteiger partial charge in [-0.3, -0.25) is 4.99 Å². The van der Waals surface area contributed by atoms with Gasteiger partial charge in [-0.2, -0.15) is 0 Å². The summed E-state index contributed by atoms with van der Waals surface area (Å²) in [6, 6.07) is 8.37. The summed E-state index contributed by atoms with van der Waals surface area (Å²) in [5, 5.41) is 6.39. The van der Waals surface area contributed by atoms with Crippen molar-refractivity contribution in [1.29, 1.82) is 0 Å². The van der Waals surface area contributed by atoms with Crippen LogP contribution in [0.2, 0.25) is 0 Å². The summed E-state index contributed by atoms with van der Waals surface area (Å²) in [4.78, 5) is 4.17. The number of ether oxygens (including phenoxy) is 1. The van der Waals surface area contributed by atoms with Crippen molar-refractivity contribution in [3.05, 3.63) is 53.2 Å². The highest BCUT2D eigenvalue weighted by atomic mass is 127. The van der Waals surface area contributed by atoms with E-state index in [0.29, 0.717) is 19.0 Å². The molecule has 0 aliphatic rings. The summed E-state index contributed by atoms with van der Waals surface area (Å²) in [5.74, 6) is 2.32. The highest BCUT2D eigenvalue weighted by molar-refractivity contribution is 14.0. The number of benzene rings is 1. The summed E-state index contributed by atoms with van der Waals surface area (Å²) < 4.78 is 24.7. The van der Waals surface area contributed by atoms with Crippen LogP contribution in [-0.2, 0) is 6.54 Å². The number of para-hydroxylation sites is 1. The van der Waals surface area contributed by atoms with E-state index in [4.69, 9.17) is 9.15 Å². The molecule has 0 saturated carbocycles. The largest absolute Gasteiger partial charge is 0.486 e. The van der Waals surface area contributed by atoms with Gasteiger partial charge in [-0.05, 0) is 39.0 Å². The third-order valence-corrected chi connectivity index (χ3v) is 3.54. The Bertz CT molecular complexity index is 703. The number of hydrogen-bond donors (Lipinski definition) is 2. The van der Waals surface area contributed by atoms with Crippen molar-refractivity contribution in [3.8, 4) is 5.75 Å². The van der Waals surface area contributed by atoms with Gasteiger partial charge in [-0.25, -0.2) is 4.39 Å². The molecule has 2 N–H and O–H groups in total. The minimum absolute atomic E-state index is 0. The maximum atomic E-state index is 13.6. The van der Waals surface area contributed by atoms with Crippen molar-refractivity contribution in [3.63, 3.8) is 0 Å². The molecule has 0 fully saturated rings. The molecule has 0 saturated heterocycles. The second-order valence-corrected chi connectivity index (χ2v) is 5.60. The van der Waals surface area contributed by atoms with Crippen LogP contribution in [0.1, 0.15) is 24.0 Å². The van der Waals surface area contributed by atoms with Gasteiger partial charge in [0.25, 0.3) is 0 Å². The topological polar surface area (TPSA) is 58.8 Å². The van der Waals surface area contributed by atoms with E-state index in [-0.39, 0.29) is 41.6 Å². The molecule has 0 aliphatic carbocycles. The van der Waals surface area contributed by atoms with E-state index >= 15 is 0 Å². The Morgan fingerprint density at radius 3 is 2.60 bits per heavy atom. The molecule has 0 aliphatic heterocycles. The maximum Gasteiger partial charge on any atom is 0.191 e. The Morgan fingerprint density at radius 2 is 2.00 bits per heavy atom. The average molecular weight is 461 g/mol. The Kier molecular flexibility index (Phi) is 8.74. The van der Waals surface area contributed by atoms with Crippen molar-refractivity contribution in [1.82, 2.24) is 10.6 Å². The smallest absolute Gasteiger partial charge is 0.191 e. The average Bonchev–Trinajstić information content (AvgIpc) is 2.87. The Balaban J connectivity index is 0.00000312. The lowest BCUT2D eigenvalue weighted by atomic mass is 10.2. The summed E-state index contributed by atoms with van der Waals surface area (Å²) in [7, 11) is 1.70. The van der Waals surface area contributed by atoms with Gasteiger partial charge in [-0.1, -0.05) is 12.1 Å². The van der Waals surface area contributed by atoms with E-state index < -0.39 is 0 Å². The predicted octanol–water partition coefficient (Wildman–Crippen LogP) is 3.79. The molecule has 5 nitrogen and oxygen atoms in total. The number of aryl methyl sites for hydroxylation is 2. The highest BCUT2D eigenvalue weighted by Crippen LogP contribution is 2.16. The van der Waals surface area contributed by atoms with Crippen molar-refractivity contribution in [2.24, 2.45) is 4.99 Å². The fourth-order valence-electron chi connectivity index (χ4n) is 2.30. The molecule has 1 aromatic carbocycles. The molecular formula is C18H25FIN3O2. The number of aliphatic imine (C=N–C) groups is 1. The number of nitrogens with one attached hydrogen (secondary N) is 2. The van der Waals surface area contributed by atoms with Gasteiger partial charge in [0.2, 0.25) is 0 Å². The minimum atomic E-state index is -0.363. The third kappa shape index (κ3) is 6.56. The standard InChI is InChI=1S/C18H24FN3O2.HI/c1-12-9-15(14(3)23-12)11-22-18(20-4)21-10-13(2)24-17-8-6-5-7-16(17)19;/h5-9,13H,10-11H2,1-4H3,(H2,20,21,22);1H. The van der Waals surface area contributed by atoms with Crippen LogP contribution in [-0.4, -0.2) is 25.7 Å². The summed E-state index contributed by atoms with van der Waals surface area (Å²) >= 11 is 0. The van der Waals surface area contributed by atoms with Gasteiger partial charge < -0.3 is 19.8 Å². The molecule has 2 rings (SSSR count). The van der Waals surface area contributed by atoms with Crippen molar-refractivity contribution in [2.45, 2.75) is 33.4 Å². The van der Waals surface area contributed by atoms with Crippen molar-refractivity contribution in [2.75, 3.05) is 13.6 Å². The first-order chi connectivity index (χ1) is 11.5. The van der Waals surface area contributed by atoms with Crippen LogP contribution < -0.4 is 15.4 Å². The van der Waals surface area contributed by atoms with E-state index in [9.17, 15) is 4.39 Å². The first kappa shape index (κ1) is 21.3. The molecular weight excluding hydrogens is 436 g/mol. The van der Waals surface area contributed by atoms with E-state index in [1.54, 1.807) is 25.2 Å². The Morgan fingerprint density at radius 1 is 1.28 bits per heavy atom. The van der Waals surface area contributed by atoms with E-state index in [1.807, 2.05) is 26.8 Å². The van der Waals surface area contributed by atoms with Crippen molar-refractivity contribution < 1.29 is 13.5 Å². The first-order valence-corrected chi connectivity index (χ1v) is 7.91. The Labute approximate surface area is 165 Å². The molecule has 2 aromatic rings. The van der Waals surface area contributed by atoms with Crippen LogP contribution in [0.5, 0.6) is 5.75 Å². The van der Waals surface area contributed by atoms with Gasteiger partial charge in [0, 0.05) is 19.2 Å². The minimum Gasteiger partial charge on any atom is -0.486 e. The molecule has 0 bridgehead atoms. The van der Waals surface area contributed by atoms with E-state index in [0.717, 1.165) is 17.1 Å². The van der Waals surface area contributed by atoms with Gasteiger partial charge in [0.15, 0.2) is 17.5 Å². The van der Waals surface area contributed by atoms with Crippen molar-refractivity contribution >= 4 is 29.9 Å². The zero-order chi connectivity index (χ0) is 17.5. The molecule has 0 spiro atoms. The SMILES string of the molecule is CN=C(NCc1cc(C)oc1C)NCC(C)Oc1ccccc1F.I. The number of halogens is 2. The van der Waals surface area contributed by atoms with Crippen LogP contribution in [0, 0.1) is 19.7 Å². The maximum absolute atomic E-state index is 13.6. The zero-order valence-corrected chi connectivity index (χ0v) is 17.3. The first-order valence-electron chi connectivity index (χ1n) is 7.91. The number of furan rings is 1. The van der Waals surface area contributed by atoms with Crippen LogP contribution in [0.15, 0.2) is 39.7 Å². The highest BCUT2D eigenvalue weighted by Gasteiger charge is 2.10. The summed E-state index contributed by atoms with van der Waals surface area (Å²) in [6.07, 6.45) is -0.210. The molecule has 7 heteroatoms. The molecule has 1 heterocycles. The molecule has 1 aromatic heterocycles. The predicted molar refractivity (Wildman–Crippen MR) is 108 cm³/mol. The van der Waals surface area contributed by atoms with Crippen LogP contribution in [0.4, 0.5) is 4.39 Å². The van der Waals surface area contributed by atoms with Gasteiger partial charge in [-0.15, -0.1) is 24.0 Å². The number of guanidine groups is 1. The van der Waals surface area contributed by atoms with Crippen LogP contribution in [0.25, 0.3) is 0 Å². The lowest BCUT2D eigenvalue weighted by Gasteiger charge is -2.18. The number of rotatable bonds is 6. The van der Waals surface area contributed by atoms with Gasteiger partial charge in [0.05, 0.1) is 6.54 Å². The molecule has 25 heavy (non-hydrogen) atoms. The number of nitrogens with zero attached hydrogens (tertiary/aromatic N) is 1. The third-order valence-electron chi connectivity index (χ3n) is 3.54. The fraction of sp³-hybridized carbons (Fsp3) is 0.389. The quantitative estimate of drug-likeness (QED) is 0.391. The summed E-state index contributed by atoms with van der Waals surface area (Å²) in [5.41, 5.74) is 1.09. The zero-order valence-electron chi connectivity index (χ0n) is 14.9. The van der Waals surface area contributed by atoms with Gasteiger partial charge in [0.1, 0.15) is 17.6 Å². The second kappa shape index (κ2) is 10.3. The van der Waals surface area contributed by atoms with Crippen LogP contribution in [0.3, 0.4) is 0 Å². The Hall–Kier alpha value is -1.77. The fourth-order valence-corrected chi connectivity index (χ4v) is 2.30. The lowest BCUT2D eigenvalue weighted by molar-refractivity contribution is 0.214. The van der Waals surface area contributed by atoms with Crippen LogP contribution >= 0.6 is 24.0 Å². The molecule has 1 atom stereocenters. The molecule has 1 unspecified atom stereocenters.